The van der Waals surface area contributed by atoms with Gasteiger partial charge >= 0.3 is 0 Å². The van der Waals surface area contributed by atoms with Gasteiger partial charge in [0.25, 0.3) is 5.91 Å². The van der Waals surface area contributed by atoms with Crippen LogP contribution in [0.5, 0.6) is 11.5 Å². The maximum absolute atomic E-state index is 13.5. The minimum atomic E-state index is -0.261. The van der Waals surface area contributed by atoms with Crippen LogP contribution in [0.4, 0.5) is 4.39 Å². The van der Waals surface area contributed by atoms with E-state index in [0.29, 0.717) is 29.2 Å². The van der Waals surface area contributed by atoms with Gasteiger partial charge in [0.05, 0.1) is 5.69 Å². The van der Waals surface area contributed by atoms with Gasteiger partial charge in [-0.1, -0.05) is 24.3 Å². The first-order valence-corrected chi connectivity index (χ1v) is 10.3. The molecule has 164 valence electrons. The highest BCUT2D eigenvalue weighted by atomic mass is 19.1. The van der Waals surface area contributed by atoms with Crippen LogP contribution in [0.25, 0.3) is 5.57 Å². The SMILES string of the molecule is C/C=C(\C=NC)c1cc(Oc2cccc(C(=O)NCc3ccc(F)c(C)c3)c2C)ccn1. The molecule has 6 heteroatoms. The van der Waals surface area contributed by atoms with Gasteiger partial charge in [-0.25, -0.2) is 4.39 Å². The fraction of sp³-hybridized carbons (Fsp3) is 0.192. The maximum Gasteiger partial charge on any atom is 0.251 e. The Morgan fingerprint density at radius 1 is 1.19 bits per heavy atom. The number of allylic oxidation sites excluding steroid dienone is 2. The fourth-order valence-corrected chi connectivity index (χ4v) is 3.25. The Hall–Kier alpha value is -3.80. The normalized spacial score (nSPS) is 11.6. The number of ether oxygens (including phenoxy) is 1. The molecule has 0 saturated heterocycles. The number of benzene rings is 2. The van der Waals surface area contributed by atoms with Crippen molar-refractivity contribution >= 4 is 17.7 Å². The van der Waals surface area contributed by atoms with Crippen LogP contribution in [-0.4, -0.2) is 24.2 Å². The average Bonchev–Trinajstić information content (AvgIpc) is 2.79. The van der Waals surface area contributed by atoms with E-state index in [1.807, 2.05) is 32.1 Å². The van der Waals surface area contributed by atoms with Gasteiger partial charge in [-0.3, -0.25) is 14.8 Å². The molecule has 0 unspecified atom stereocenters. The Labute approximate surface area is 187 Å². The molecule has 3 aromatic rings. The summed E-state index contributed by atoms with van der Waals surface area (Å²) in [6.07, 6.45) is 5.34. The highest BCUT2D eigenvalue weighted by molar-refractivity contribution is 6.08. The summed E-state index contributed by atoms with van der Waals surface area (Å²) < 4.78 is 19.5. The second-order valence-electron chi connectivity index (χ2n) is 7.31. The van der Waals surface area contributed by atoms with Crippen LogP contribution >= 0.6 is 0 Å². The lowest BCUT2D eigenvalue weighted by Crippen LogP contribution is -2.23. The number of rotatable bonds is 7. The summed E-state index contributed by atoms with van der Waals surface area (Å²) >= 11 is 0. The lowest BCUT2D eigenvalue weighted by Gasteiger charge is -2.13. The zero-order chi connectivity index (χ0) is 23.1. The molecule has 32 heavy (non-hydrogen) atoms. The highest BCUT2D eigenvalue weighted by Crippen LogP contribution is 2.28. The minimum absolute atomic E-state index is 0.222. The topological polar surface area (TPSA) is 63.6 Å². The van der Waals surface area contributed by atoms with E-state index in [-0.39, 0.29) is 11.7 Å². The second-order valence-corrected chi connectivity index (χ2v) is 7.31. The molecule has 3 rings (SSSR count). The number of nitrogens with zero attached hydrogens (tertiary/aromatic N) is 2. The largest absolute Gasteiger partial charge is 0.457 e. The van der Waals surface area contributed by atoms with Gasteiger partial charge in [-0.05, 0) is 56.2 Å². The van der Waals surface area contributed by atoms with Gasteiger partial charge in [0.1, 0.15) is 17.3 Å². The van der Waals surface area contributed by atoms with E-state index in [1.165, 1.54) is 6.07 Å². The van der Waals surface area contributed by atoms with E-state index in [9.17, 15) is 9.18 Å². The molecule has 0 aliphatic carbocycles. The molecule has 1 amide bonds. The fourth-order valence-electron chi connectivity index (χ4n) is 3.25. The average molecular weight is 432 g/mol. The molecule has 0 aliphatic heterocycles. The standard InChI is InChI=1S/C26H26FN3O2/c1-5-20(16-28-4)24-14-21(11-12-29-24)32-25-8-6-7-22(18(25)3)26(31)30-15-19-9-10-23(27)17(2)13-19/h5-14,16H,15H2,1-4H3,(H,30,31)/b20-5+,28-16?. The molecule has 0 saturated carbocycles. The summed E-state index contributed by atoms with van der Waals surface area (Å²) in [5.74, 6) is 0.712. The van der Waals surface area contributed by atoms with Gasteiger partial charge < -0.3 is 10.1 Å². The smallest absolute Gasteiger partial charge is 0.251 e. The van der Waals surface area contributed by atoms with Crippen molar-refractivity contribution in [3.8, 4) is 11.5 Å². The Morgan fingerprint density at radius 3 is 2.72 bits per heavy atom. The number of amides is 1. The molecule has 5 nitrogen and oxygen atoms in total. The highest BCUT2D eigenvalue weighted by Gasteiger charge is 2.14. The molecule has 2 aromatic carbocycles. The Balaban J connectivity index is 1.76. The number of aliphatic imine (C=N–C) groups is 1. The van der Waals surface area contributed by atoms with Gasteiger partial charge in [-0.2, -0.15) is 0 Å². The summed E-state index contributed by atoms with van der Waals surface area (Å²) in [5, 5.41) is 2.89. The van der Waals surface area contributed by atoms with Crippen molar-refractivity contribution in [1.29, 1.82) is 0 Å². The molecule has 0 radical (unpaired) electrons. The third kappa shape index (κ3) is 5.46. The maximum atomic E-state index is 13.5. The van der Waals surface area contributed by atoms with Gasteiger partial charge in [0.2, 0.25) is 0 Å². The third-order valence-electron chi connectivity index (χ3n) is 5.04. The van der Waals surface area contributed by atoms with E-state index in [1.54, 1.807) is 56.7 Å². The van der Waals surface area contributed by atoms with Crippen LogP contribution in [0.15, 0.2) is 65.8 Å². The molecule has 0 atom stereocenters. The van der Waals surface area contributed by atoms with Crippen molar-refractivity contribution in [2.45, 2.75) is 27.3 Å². The molecule has 1 aromatic heterocycles. The van der Waals surface area contributed by atoms with Crippen molar-refractivity contribution in [1.82, 2.24) is 10.3 Å². The van der Waals surface area contributed by atoms with E-state index < -0.39 is 0 Å². The van der Waals surface area contributed by atoms with E-state index >= 15 is 0 Å². The van der Waals surface area contributed by atoms with Crippen molar-refractivity contribution < 1.29 is 13.9 Å². The number of nitrogens with one attached hydrogen (secondary N) is 1. The zero-order valence-corrected chi connectivity index (χ0v) is 18.6. The minimum Gasteiger partial charge on any atom is -0.457 e. The van der Waals surface area contributed by atoms with Crippen LogP contribution in [0, 0.1) is 19.7 Å². The lowest BCUT2D eigenvalue weighted by molar-refractivity contribution is 0.0950. The van der Waals surface area contributed by atoms with E-state index in [4.69, 9.17) is 4.74 Å². The van der Waals surface area contributed by atoms with E-state index in [0.717, 1.165) is 22.4 Å². The lowest BCUT2D eigenvalue weighted by atomic mass is 10.1. The number of aromatic nitrogens is 1. The number of hydrogen-bond acceptors (Lipinski definition) is 4. The molecule has 0 aliphatic rings. The van der Waals surface area contributed by atoms with Crippen molar-refractivity contribution in [2.75, 3.05) is 7.05 Å². The second kappa shape index (κ2) is 10.5. The van der Waals surface area contributed by atoms with Crippen LogP contribution in [0.2, 0.25) is 0 Å². The third-order valence-corrected chi connectivity index (χ3v) is 5.04. The number of carbonyl (C=O) groups is 1. The first-order valence-electron chi connectivity index (χ1n) is 10.3. The number of carbonyl (C=O) groups excluding carboxylic acids is 1. The summed E-state index contributed by atoms with van der Waals surface area (Å²) in [7, 11) is 1.71. The Kier molecular flexibility index (Phi) is 7.49. The quantitative estimate of drug-likeness (QED) is 0.491. The number of hydrogen-bond donors (Lipinski definition) is 1. The molecular weight excluding hydrogens is 405 g/mol. The Morgan fingerprint density at radius 2 is 2.00 bits per heavy atom. The van der Waals surface area contributed by atoms with Crippen molar-refractivity contribution in [3.63, 3.8) is 0 Å². The van der Waals surface area contributed by atoms with Crippen LogP contribution < -0.4 is 10.1 Å². The summed E-state index contributed by atoms with van der Waals surface area (Å²) in [6.45, 7) is 5.77. The van der Waals surface area contributed by atoms with Crippen LogP contribution in [-0.2, 0) is 6.54 Å². The molecule has 0 fully saturated rings. The molecule has 1 heterocycles. The monoisotopic (exact) mass is 431 g/mol. The van der Waals surface area contributed by atoms with Gasteiger partial charge in [0.15, 0.2) is 0 Å². The van der Waals surface area contributed by atoms with Gasteiger partial charge in [0, 0.05) is 48.8 Å². The van der Waals surface area contributed by atoms with E-state index in [2.05, 4.69) is 15.3 Å². The molecule has 0 bridgehead atoms. The number of pyridine rings is 1. The molecular formula is C26H26FN3O2. The van der Waals surface area contributed by atoms with Crippen molar-refractivity contribution in [2.24, 2.45) is 4.99 Å². The van der Waals surface area contributed by atoms with Crippen molar-refractivity contribution in [3.05, 3.63) is 94.6 Å². The molecule has 0 spiro atoms. The summed E-state index contributed by atoms with van der Waals surface area (Å²) in [5.41, 5.74) is 4.26. The van der Waals surface area contributed by atoms with Crippen LogP contribution in [0.3, 0.4) is 0 Å². The summed E-state index contributed by atoms with van der Waals surface area (Å²) in [6, 6.07) is 13.8. The predicted octanol–water partition coefficient (Wildman–Crippen LogP) is 5.66. The zero-order valence-electron chi connectivity index (χ0n) is 18.6. The first-order chi connectivity index (χ1) is 15.4. The van der Waals surface area contributed by atoms with Crippen LogP contribution in [0.1, 0.15) is 39.7 Å². The predicted molar refractivity (Wildman–Crippen MR) is 126 cm³/mol. The number of aryl methyl sites for hydroxylation is 1. The Bertz CT molecular complexity index is 1190. The number of halogens is 1. The first kappa shape index (κ1) is 22.9. The summed E-state index contributed by atoms with van der Waals surface area (Å²) in [4.78, 5) is 21.2. The van der Waals surface area contributed by atoms with Gasteiger partial charge in [-0.15, -0.1) is 0 Å². The molecule has 1 N–H and O–H groups in total.